The highest BCUT2D eigenvalue weighted by Crippen LogP contribution is 2.31. The van der Waals surface area contributed by atoms with Crippen LogP contribution in [-0.2, 0) is 38.1 Å². The third kappa shape index (κ3) is 6.54. The first-order valence-corrected chi connectivity index (χ1v) is 8.87. The number of carbonyl (C=O) groups excluding carboxylic acids is 4. The monoisotopic (exact) mass is 377 g/mol. The number of esters is 3. The Bertz CT molecular complexity index is 526. The minimum Gasteiger partial charge on any atom is -0.463 e. The Balaban J connectivity index is 3.18. The van der Waals surface area contributed by atoms with E-state index >= 15 is 0 Å². The molecule has 1 aliphatic heterocycles. The van der Waals surface area contributed by atoms with Crippen molar-refractivity contribution in [1.82, 2.24) is 5.32 Å². The second-order valence-electron chi connectivity index (χ2n) is 5.46. The van der Waals surface area contributed by atoms with E-state index < -0.39 is 47.7 Å². The van der Waals surface area contributed by atoms with Gasteiger partial charge in [0.2, 0.25) is 5.91 Å². The molecular weight excluding hydrogens is 354 g/mol. The molecule has 25 heavy (non-hydrogen) atoms. The minimum absolute atomic E-state index is 0.186. The number of ether oxygens (including phenoxy) is 4. The third-order valence-corrected chi connectivity index (χ3v) is 4.17. The predicted molar refractivity (Wildman–Crippen MR) is 87.5 cm³/mol. The van der Waals surface area contributed by atoms with E-state index in [-0.39, 0.29) is 12.5 Å². The Morgan fingerprint density at radius 1 is 0.960 bits per heavy atom. The van der Waals surface area contributed by atoms with Gasteiger partial charge in [-0.05, 0) is 6.26 Å². The molecule has 142 valence electrons. The van der Waals surface area contributed by atoms with Crippen LogP contribution < -0.4 is 5.32 Å². The topological polar surface area (TPSA) is 117 Å². The summed E-state index contributed by atoms with van der Waals surface area (Å²) in [5, 5.41) is 2.67. The van der Waals surface area contributed by atoms with Crippen molar-refractivity contribution in [1.29, 1.82) is 0 Å². The van der Waals surface area contributed by atoms with Crippen LogP contribution in [0.15, 0.2) is 0 Å². The zero-order valence-electron chi connectivity index (χ0n) is 14.8. The molecule has 10 heteroatoms. The van der Waals surface area contributed by atoms with Gasteiger partial charge in [-0.3, -0.25) is 19.2 Å². The van der Waals surface area contributed by atoms with Gasteiger partial charge in [0.15, 0.2) is 12.2 Å². The fraction of sp³-hybridized carbons (Fsp3) is 0.733. The number of hydrogen-bond donors (Lipinski definition) is 1. The number of hydrogen-bond acceptors (Lipinski definition) is 9. The molecule has 0 radical (unpaired) electrons. The summed E-state index contributed by atoms with van der Waals surface area (Å²) in [7, 11) is 0. The second-order valence-corrected chi connectivity index (χ2v) is 6.39. The number of nitrogens with one attached hydrogen (secondary N) is 1. The number of amides is 1. The van der Waals surface area contributed by atoms with Crippen molar-refractivity contribution in [3.05, 3.63) is 0 Å². The summed E-state index contributed by atoms with van der Waals surface area (Å²) in [6, 6.07) is -0.741. The van der Waals surface area contributed by atoms with Crippen molar-refractivity contribution in [2.24, 2.45) is 0 Å². The lowest BCUT2D eigenvalue weighted by Gasteiger charge is -2.44. The standard InChI is InChI=1S/C15H23NO8S/c1-7(17)16-12-14(23-10(4)20)13(22-9(3)19)11(6-21-8(2)18)24-15(12)25-5/h11-15H,6H2,1-5H3,(H,16,17)/t11-,12-,13+,14-,15+/m1/s1. The molecule has 0 aromatic rings. The first kappa shape index (κ1) is 21.2. The van der Waals surface area contributed by atoms with E-state index in [0.29, 0.717) is 0 Å². The smallest absolute Gasteiger partial charge is 0.303 e. The molecule has 0 aromatic carbocycles. The van der Waals surface area contributed by atoms with Crippen molar-refractivity contribution >= 4 is 35.6 Å². The first-order chi connectivity index (χ1) is 11.6. The fourth-order valence-corrected chi connectivity index (χ4v) is 3.26. The first-order valence-electron chi connectivity index (χ1n) is 7.58. The van der Waals surface area contributed by atoms with Gasteiger partial charge in [-0.1, -0.05) is 0 Å². The Labute approximate surface area is 150 Å². The van der Waals surface area contributed by atoms with Crippen LogP contribution in [0.5, 0.6) is 0 Å². The highest BCUT2D eigenvalue weighted by molar-refractivity contribution is 7.99. The van der Waals surface area contributed by atoms with Gasteiger partial charge in [-0.15, -0.1) is 11.8 Å². The van der Waals surface area contributed by atoms with E-state index in [9.17, 15) is 19.2 Å². The highest BCUT2D eigenvalue weighted by Gasteiger charge is 2.50. The number of rotatable bonds is 6. The second kappa shape index (κ2) is 9.62. The van der Waals surface area contributed by atoms with Gasteiger partial charge in [0.1, 0.15) is 24.2 Å². The molecule has 0 saturated carbocycles. The van der Waals surface area contributed by atoms with Crippen molar-refractivity contribution in [3.63, 3.8) is 0 Å². The Morgan fingerprint density at radius 3 is 1.96 bits per heavy atom. The third-order valence-electron chi connectivity index (χ3n) is 3.30. The van der Waals surface area contributed by atoms with E-state index in [0.717, 1.165) is 0 Å². The molecule has 1 heterocycles. The lowest BCUT2D eigenvalue weighted by atomic mass is 9.97. The van der Waals surface area contributed by atoms with Crippen molar-refractivity contribution in [2.75, 3.05) is 12.9 Å². The molecule has 1 rings (SSSR count). The van der Waals surface area contributed by atoms with Crippen LogP contribution in [-0.4, -0.2) is 66.5 Å². The molecule has 5 atom stereocenters. The average molecular weight is 377 g/mol. The van der Waals surface area contributed by atoms with Crippen LogP contribution in [0.3, 0.4) is 0 Å². The summed E-state index contributed by atoms with van der Waals surface area (Å²) in [4.78, 5) is 45.7. The quantitative estimate of drug-likeness (QED) is 0.504. The zero-order chi connectivity index (χ0) is 19.1. The van der Waals surface area contributed by atoms with Crippen LogP contribution in [0, 0.1) is 0 Å². The SMILES string of the molecule is CS[C@@H]1O[C@H](COC(C)=O)[C@H](OC(C)=O)[C@H](OC(C)=O)[C@H]1NC(C)=O. The zero-order valence-corrected chi connectivity index (χ0v) is 15.6. The predicted octanol–water partition coefficient (Wildman–Crippen LogP) is 0.00550. The van der Waals surface area contributed by atoms with E-state index in [4.69, 9.17) is 18.9 Å². The summed E-state index contributed by atoms with van der Waals surface area (Å²) in [5.41, 5.74) is -0.597. The summed E-state index contributed by atoms with van der Waals surface area (Å²) in [6.45, 7) is 4.77. The number of carbonyl (C=O) groups is 4. The maximum atomic E-state index is 11.5. The van der Waals surface area contributed by atoms with Crippen LogP contribution in [0.4, 0.5) is 0 Å². The van der Waals surface area contributed by atoms with Gasteiger partial charge in [0.25, 0.3) is 0 Å². The molecule has 1 amide bonds. The molecule has 1 saturated heterocycles. The van der Waals surface area contributed by atoms with Crippen molar-refractivity contribution in [2.45, 2.75) is 57.5 Å². The molecular formula is C15H23NO8S. The molecule has 1 aliphatic rings. The van der Waals surface area contributed by atoms with E-state index in [1.54, 1.807) is 6.26 Å². The highest BCUT2D eigenvalue weighted by atomic mass is 32.2. The molecule has 1 fully saturated rings. The molecule has 0 unspecified atom stereocenters. The molecule has 0 aromatic heterocycles. The molecule has 0 aliphatic carbocycles. The maximum Gasteiger partial charge on any atom is 0.303 e. The van der Waals surface area contributed by atoms with Gasteiger partial charge in [-0.2, -0.15) is 0 Å². The minimum atomic E-state index is -1.04. The summed E-state index contributed by atoms with van der Waals surface area (Å²) < 4.78 is 21.4. The summed E-state index contributed by atoms with van der Waals surface area (Å²) >= 11 is 1.28. The van der Waals surface area contributed by atoms with Gasteiger partial charge >= 0.3 is 17.9 Å². The van der Waals surface area contributed by atoms with Gasteiger partial charge in [-0.25, -0.2) is 0 Å². The Kier molecular flexibility index (Phi) is 8.17. The van der Waals surface area contributed by atoms with E-state index in [1.807, 2.05) is 0 Å². The van der Waals surface area contributed by atoms with Crippen molar-refractivity contribution in [3.8, 4) is 0 Å². The van der Waals surface area contributed by atoms with Crippen molar-refractivity contribution < 1.29 is 38.1 Å². The van der Waals surface area contributed by atoms with Crippen LogP contribution >= 0.6 is 11.8 Å². The Hall–Kier alpha value is -1.81. The lowest BCUT2D eigenvalue weighted by molar-refractivity contribution is -0.211. The van der Waals surface area contributed by atoms with Crippen LogP contribution in [0.2, 0.25) is 0 Å². The van der Waals surface area contributed by atoms with Gasteiger partial charge in [0.05, 0.1) is 0 Å². The number of thioether (sulfide) groups is 1. The Morgan fingerprint density at radius 2 is 1.52 bits per heavy atom. The van der Waals surface area contributed by atoms with E-state index in [2.05, 4.69) is 5.32 Å². The molecule has 1 N–H and O–H groups in total. The molecule has 9 nitrogen and oxygen atoms in total. The summed E-state index contributed by atoms with van der Waals surface area (Å²) in [6.07, 6.45) is -1.13. The van der Waals surface area contributed by atoms with E-state index in [1.165, 1.54) is 39.5 Å². The van der Waals surface area contributed by atoms with Gasteiger partial charge in [0, 0.05) is 27.7 Å². The summed E-state index contributed by atoms with van der Waals surface area (Å²) in [5.74, 6) is -2.11. The largest absolute Gasteiger partial charge is 0.463 e. The van der Waals surface area contributed by atoms with Crippen LogP contribution in [0.25, 0.3) is 0 Å². The normalized spacial score (nSPS) is 28.6. The average Bonchev–Trinajstić information content (AvgIpc) is 2.48. The van der Waals surface area contributed by atoms with Gasteiger partial charge < -0.3 is 24.3 Å². The fourth-order valence-electron chi connectivity index (χ4n) is 2.49. The lowest BCUT2D eigenvalue weighted by Crippen LogP contribution is -2.65. The molecule has 0 spiro atoms. The maximum absolute atomic E-state index is 11.5. The molecule has 0 bridgehead atoms. The van der Waals surface area contributed by atoms with Crippen LogP contribution in [0.1, 0.15) is 27.7 Å².